The molecule has 3 aromatic heterocycles. The fraction of sp³-hybridized carbons (Fsp3) is 0.190. The predicted octanol–water partition coefficient (Wildman–Crippen LogP) is 4.76. The summed E-state index contributed by atoms with van der Waals surface area (Å²) in [6.07, 6.45) is 2.50. The number of aryl methyl sites for hydroxylation is 1. The van der Waals surface area contributed by atoms with E-state index in [1.165, 1.54) is 11.3 Å². The molecule has 0 N–H and O–H groups in total. The molecule has 7 heteroatoms. The number of amides is 1. The Balaban J connectivity index is 1.58. The maximum Gasteiger partial charge on any atom is 0.263 e. The minimum Gasteiger partial charge on any atom is -0.341 e. The van der Waals surface area contributed by atoms with Gasteiger partial charge in [0.2, 0.25) is 0 Å². The molecule has 0 radical (unpaired) electrons. The SMILES string of the molecule is Cc1nn(-c2ccc(Cl)cc2)c2sc(C(=O)N(C)CCc3ccccn3)cc12. The van der Waals surface area contributed by atoms with Crippen molar-refractivity contribution >= 4 is 39.1 Å². The number of fused-ring (bicyclic) bond motifs is 1. The molecule has 0 saturated heterocycles. The van der Waals surface area contributed by atoms with Crippen LogP contribution in [0, 0.1) is 6.92 Å². The van der Waals surface area contributed by atoms with Crippen LogP contribution in [0.4, 0.5) is 0 Å². The molecule has 0 atom stereocenters. The van der Waals surface area contributed by atoms with Gasteiger partial charge in [-0.2, -0.15) is 5.10 Å². The van der Waals surface area contributed by atoms with Gasteiger partial charge in [-0.05, 0) is 49.4 Å². The fourth-order valence-electron chi connectivity index (χ4n) is 3.03. The summed E-state index contributed by atoms with van der Waals surface area (Å²) in [5.74, 6) is 0.0131. The van der Waals surface area contributed by atoms with Gasteiger partial charge < -0.3 is 4.90 Å². The van der Waals surface area contributed by atoms with E-state index in [0.717, 1.165) is 33.7 Å². The number of nitrogens with zero attached hydrogens (tertiary/aromatic N) is 4. The molecule has 4 aromatic rings. The lowest BCUT2D eigenvalue weighted by Crippen LogP contribution is -2.28. The molecule has 0 bridgehead atoms. The molecule has 5 nitrogen and oxygen atoms in total. The van der Waals surface area contributed by atoms with E-state index in [4.69, 9.17) is 11.6 Å². The smallest absolute Gasteiger partial charge is 0.263 e. The van der Waals surface area contributed by atoms with Gasteiger partial charge in [-0.3, -0.25) is 9.78 Å². The molecule has 1 amide bonds. The molecule has 142 valence electrons. The maximum atomic E-state index is 12.9. The van der Waals surface area contributed by atoms with Crippen LogP contribution >= 0.6 is 22.9 Å². The van der Waals surface area contributed by atoms with Crippen molar-refractivity contribution < 1.29 is 4.79 Å². The first-order valence-corrected chi connectivity index (χ1v) is 10.1. The highest BCUT2D eigenvalue weighted by Gasteiger charge is 2.19. The second kappa shape index (κ2) is 7.73. The van der Waals surface area contributed by atoms with Crippen LogP contribution in [0.5, 0.6) is 0 Å². The average Bonchev–Trinajstić information content (AvgIpc) is 3.28. The number of carbonyl (C=O) groups is 1. The van der Waals surface area contributed by atoms with E-state index in [9.17, 15) is 4.79 Å². The Hall–Kier alpha value is -2.70. The highest BCUT2D eigenvalue weighted by molar-refractivity contribution is 7.20. The lowest BCUT2D eigenvalue weighted by molar-refractivity contribution is 0.0801. The molecular weight excluding hydrogens is 392 g/mol. The third-order valence-electron chi connectivity index (χ3n) is 4.60. The van der Waals surface area contributed by atoms with E-state index in [1.54, 1.807) is 11.1 Å². The van der Waals surface area contributed by atoms with Gasteiger partial charge in [0.25, 0.3) is 5.91 Å². The Morgan fingerprint density at radius 3 is 2.71 bits per heavy atom. The van der Waals surface area contributed by atoms with E-state index >= 15 is 0 Å². The molecule has 1 aromatic carbocycles. The summed E-state index contributed by atoms with van der Waals surface area (Å²) in [5, 5.41) is 6.30. The molecule has 28 heavy (non-hydrogen) atoms. The normalized spacial score (nSPS) is 11.1. The monoisotopic (exact) mass is 410 g/mol. The molecule has 4 rings (SSSR count). The highest BCUT2D eigenvalue weighted by Crippen LogP contribution is 2.31. The number of hydrogen-bond donors (Lipinski definition) is 0. The summed E-state index contributed by atoms with van der Waals surface area (Å²) in [5.41, 5.74) is 2.80. The van der Waals surface area contributed by atoms with Crippen molar-refractivity contribution in [3.63, 3.8) is 0 Å². The summed E-state index contributed by atoms with van der Waals surface area (Å²) >= 11 is 7.46. The first kappa shape index (κ1) is 18.7. The van der Waals surface area contributed by atoms with Crippen molar-refractivity contribution in [2.24, 2.45) is 0 Å². The first-order chi connectivity index (χ1) is 13.5. The number of hydrogen-bond acceptors (Lipinski definition) is 4. The highest BCUT2D eigenvalue weighted by atomic mass is 35.5. The van der Waals surface area contributed by atoms with Gasteiger partial charge in [0.15, 0.2) is 0 Å². The lowest BCUT2D eigenvalue weighted by Gasteiger charge is -2.15. The minimum atomic E-state index is 0.0131. The third-order valence-corrected chi connectivity index (χ3v) is 5.95. The second-order valence-electron chi connectivity index (χ2n) is 6.60. The van der Waals surface area contributed by atoms with Gasteiger partial charge in [0.1, 0.15) is 4.83 Å². The van der Waals surface area contributed by atoms with Gasteiger partial charge in [-0.25, -0.2) is 4.68 Å². The molecule has 3 heterocycles. The number of thiophene rings is 1. The van der Waals surface area contributed by atoms with Crippen LogP contribution < -0.4 is 0 Å². The summed E-state index contributed by atoms with van der Waals surface area (Å²) in [4.78, 5) is 20.6. The van der Waals surface area contributed by atoms with Crippen molar-refractivity contribution in [2.75, 3.05) is 13.6 Å². The summed E-state index contributed by atoms with van der Waals surface area (Å²) in [6.45, 7) is 2.58. The zero-order valence-electron chi connectivity index (χ0n) is 15.6. The number of likely N-dealkylation sites (N-methyl/N-ethyl adjacent to an activating group) is 1. The van der Waals surface area contributed by atoms with Crippen LogP contribution in [-0.2, 0) is 6.42 Å². The minimum absolute atomic E-state index is 0.0131. The number of halogens is 1. The number of carbonyl (C=O) groups excluding carboxylic acids is 1. The Bertz CT molecular complexity index is 1120. The van der Waals surface area contributed by atoms with Crippen LogP contribution in [0.15, 0.2) is 54.7 Å². The summed E-state index contributed by atoms with van der Waals surface area (Å²) < 4.78 is 1.87. The molecule has 0 aliphatic carbocycles. The van der Waals surface area contributed by atoms with Crippen molar-refractivity contribution in [2.45, 2.75) is 13.3 Å². The van der Waals surface area contributed by atoms with Crippen molar-refractivity contribution in [3.05, 3.63) is 76.0 Å². The average molecular weight is 411 g/mol. The Labute approximate surface area is 172 Å². The zero-order chi connectivity index (χ0) is 19.7. The topological polar surface area (TPSA) is 51.0 Å². The van der Waals surface area contributed by atoms with E-state index in [1.807, 2.05) is 67.2 Å². The molecule has 0 spiro atoms. The van der Waals surface area contributed by atoms with Crippen LogP contribution in [0.25, 0.3) is 15.9 Å². The van der Waals surface area contributed by atoms with Crippen LogP contribution in [-0.4, -0.2) is 39.2 Å². The number of pyridine rings is 1. The maximum absolute atomic E-state index is 12.9. The van der Waals surface area contributed by atoms with Crippen molar-refractivity contribution in [1.29, 1.82) is 0 Å². The van der Waals surface area contributed by atoms with Gasteiger partial charge in [0, 0.05) is 42.3 Å². The van der Waals surface area contributed by atoms with Gasteiger partial charge in [-0.1, -0.05) is 17.7 Å². The van der Waals surface area contributed by atoms with Crippen molar-refractivity contribution in [1.82, 2.24) is 19.7 Å². The van der Waals surface area contributed by atoms with Crippen LogP contribution in [0.3, 0.4) is 0 Å². The lowest BCUT2D eigenvalue weighted by atomic mass is 10.2. The Kier molecular flexibility index (Phi) is 5.15. The van der Waals surface area contributed by atoms with Crippen LogP contribution in [0.2, 0.25) is 5.02 Å². The third kappa shape index (κ3) is 3.66. The summed E-state index contributed by atoms with van der Waals surface area (Å²) in [6, 6.07) is 15.3. The molecule has 0 saturated carbocycles. The molecule has 0 unspecified atom stereocenters. The largest absolute Gasteiger partial charge is 0.341 e. The quantitative estimate of drug-likeness (QED) is 0.476. The molecular formula is C21H19ClN4OS. The van der Waals surface area contributed by atoms with E-state index in [-0.39, 0.29) is 5.91 Å². The molecule has 0 aliphatic heterocycles. The number of benzene rings is 1. The standard InChI is InChI=1S/C21H19ClN4OS/c1-14-18-13-19(20(27)25(2)12-10-16-5-3-4-11-23-16)28-21(18)26(24-14)17-8-6-15(22)7-9-17/h3-9,11,13H,10,12H2,1-2H3. The van der Waals surface area contributed by atoms with E-state index in [0.29, 0.717) is 16.4 Å². The predicted molar refractivity (Wildman–Crippen MR) is 114 cm³/mol. The van der Waals surface area contributed by atoms with Gasteiger partial charge >= 0.3 is 0 Å². The number of aromatic nitrogens is 3. The van der Waals surface area contributed by atoms with E-state index < -0.39 is 0 Å². The summed E-state index contributed by atoms with van der Waals surface area (Å²) in [7, 11) is 1.83. The second-order valence-corrected chi connectivity index (χ2v) is 8.07. The zero-order valence-corrected chi connectivity index (χ0v) is 17.2. The van der Waals surface area contributed by atoms with Crippen molar-refractivity contribution in [3.8, 4) is 5.69 Å². The van der Waals surface area contributed by atoms with Gasteiger partial charge in [0.05, 0.1) is 16.3 Å². The molecule has 0 aliphatic rings. The Morgan fingerprint density at radius 2 is 2.00 bits per heavy atom. The Morgan fingerprint density at radius 1 is 1.21 bits per heavy atom. The fourth-order valence-corrected chi connectivity index (χ4v) is 4.33. The van der Waals surface area contributed by atoms with E-state index in [2.05, 4.69) is 10.1 Å². The molecule has 0 fully saturated rings. The van der Waals surface area contributed by atoms with Gasteiger partial charge in [-0.15, -0.1) is 11.3 Å². The number of rotatable bonds is 5. The van der Waals surface area contributed by atoms with Crippen LogP contribution in [0.1, 0.15) is 21.1 Å². The first-order valence-electron chi connectivity index (χ1n) is 8.93.